The number of hydrogen-bond acceptors (Lipinski definition) is 2. The van der Waals surface area contributed by atoms with Gasteiger partial charge in [-0.15, -0.1) is 0 Å². The lowest BCUT2D eigenvalue weighted by Crippen LogP contribution is -2.12. The van der Waals surface area contributed by atoms with Crippen molar-refractivity contribution in [3.63, 3.8) is 0 Å². The van der Waals surface area contributed by atoms with Gasteiger partial charge >= 0.3 is 0 Å². The number of rotatable bonds is 6. The highest BCUT2D eigenvalue weighted by molar-refractivity contribution is 4.45. The Morgan fingerprint density at radius 2 is 1.73 bits per heavy atom. The van der Waals surface area contributed by atoms with Crippen molar-refractivity contribution in [2.24, 2.45) is 0 Å². The van der Waals surface area contributed by atoms with E-state index >= 15 is 0 Å². The predicted molar refractivity (Wildman–Crippen MR) is 51.0 cm³/mol. The molecule has 70 valence electrons. The van der Waals surface area contributed by atoms with Gasteiger partial charge in [-0.2, -0.15) is 0 Å². The highest BCUT2D eigenvalue weighted by atomic mass is 16.5. The quantitative estimate of drug-likeness (QED) is 0.552. The van der Waals surface area contributed by atoms with Crippen LogP contribution in [0.15, 0.2) is 0 Å². The number of ether oxygens (including phenoxy) is 1. The molecule has 0 bridgehead atoms. The molecule has 0 radical (unpaired) electrons. The zero-order valence-electron chi connectivity index (χ0n) is 7.39. The molecule has 2 nitrogen and oxygen atoms in total. The van der Waals surface area contributed by atoms with Crippen LogP contribution in [0.3, 0.4) is 0 Å². The number of nitrogens with zero attached hydrogens (tertiary/aromatic N) is 1. The molecule has 0 aromatic heterocycles. The molecule has 0 saturated carbocycles. The monoisotopic (exact) mass is 161 g/mol. The van der Waals surface area contributed by atoms with Crippen molar-refractivity contribution in [2.75, 3.05) is 34.4 Å². The van der Waals surface area contributed by atoms with Gasteiger partial charge in [0.15, 0.2) is 0 Å². The topological polar surface area (TPSA) is 12.5 Å². The summed E-state index contributed by atoms with van der Waals surface area (Å²) in [7, 11) is 5.97. The summed E-state index contributed by atoms with van der Waals surface area (Å²) < 4.78 is 4.94. The summed E-state index contributed by atoms with van der Waals surface area (Å²) in [5, 5.41) is 0. The summed E-state index contributed by atoms with van der Waals surface area (Å²) in [5.41, 5.74) is 0. The molecular weight excluding hydrogens is 138 g/mol. The Hall–Kier alpha value is -0.0800. The van der Waals surface area contributed by atoms with Crippen LogP contribution in [0.25, 0.3) is 0 Å². The van der Waals surface area contributed by atoms with Gasteiger partial charge in [0, 0.05) is 13.7 Å². The van der Waals surface area contributed by atoms with Crippen LogP contribution in [0.5, 0.6) is 0 Å². The van der Waals surface area contributed by atoms with Crippen LogP contribution in [-0.2, 0) is 4.74 Å². The van der Waals surface area contributed by atoms with Gasteiger partial charge in [-0.1, -0.05) is 7.43 Å². The maximum Gasteiger partial charge on any atom is 0.0462 e. The molecule has 0 spiro atoms. The summed E-state index contributed by atoms with van der Waals surface area (Å²) in [4.78, 5) is 2.22. The SMILES string of the molecule is C.COCCCCCN(C)C. The molecule has 0 aromatic rings. The molecule has 0 heterocycles. The normalized spacial score (nSPS) is 9.82. The molecule has 11 heavy (non-hydrogen) atoms. The van der Waals surface area contributed by atoms with Crippen LogP contribution < -0.4 is 0 Å². The highest BCUT2D eigenvalue weighted by Crippen LogP contribution is 1.95. The molecule has 0 N–H and O–H groups in total. The molecule has 0 aromatic carbocycles. The summed E-state index contributed by atoms with van der Waals surface area (Å²) in [6.45, 7) is 2.11. The van der Waals surface area contributed by atoms with Crippen LogP contribution in [0.1, 0.15) is 26.7 Å². The van der Waals surface area contributed by atoms with E-state index in [1.54, 1.807) is 7.11 Å². The lowest BCUT2D eigenvalue weighted by Gasteiger charge is -2.07. The molecule has 0 saturated heterocycles. The van der Waals surface area contributed by atoms with Gasteiger partial charge in [0.1, 0.15) is 0 Å². The van der Waals surface area contributed by atoms with Crippen LogP contribution in [-0.4, -0.2) is 39.3 Å². The maximum atomic E-state index is 4.94. The van der Waals surface area contributed by atoms with E-state index in [2.05, 4.69) is 19.0 Å². The number of methoxy groups -OCH3 is 1. The third kappa shape index (κ3) is 13.0. The Labute approximate surface area is 71.5 Å². The second kappa shape index (κ2) is 9.92. The molecule has 0 aliphatic rings. The van der Waals surface area contributed by atoms with Gasteiger partial charge in [0.25, 0.3) is 0 Å². The zero-order valence-corrected chi connectivity index (χ0v) is 7.39. The van der Waals surface area contributed by atoms with E-state index in [1.165, 1.54) is 25.8 Å². The molecule has 0 atom stereocenters. The molecule has 2 heteroatoms. The van der Waals surface area contributed by atoms with Crippen molar-refractivity contribution in [3.05, 3.63) is 0 Å². The van der Waals surface area contributed by atoms with Gasteiger partial charge in [-0.05, 0) is 39.9 Å². The first-order valence-electron chi connectivity index (χ1n) is 3.91. The van der Waals surface area contributed by atoms with Crippen molar-refractivity contribution in [1.82, 2.24) is 4.90 Å². The van der Waals surface area contributed by atoms with E-state index in [0.717, 1.165) is 6.61 Å². The Morgan fingerprint density at radius 1 is 1.09 bits per heavy atom. The molecule has 0 aliphatic carbocycles. The molecule has 0 unspecified atom stereocenters. The molecule has 0 rings (SSSR count). The first kappa shape index (κ1) is 13.5. The minimum atomic E-state index is 0. The van der Waals surface area contributed by atoms with E-state index in [4.69, 9.17) is 4.74 Å². The van der Waals surface area contributed by atoms with Crippen LogP contribution in [0.2, 0.25) is 0 Å². The lowest BCUT2D eigenvalue weighted by molar-refractivity contribution is 0.191. The maximum absolute atomic E-state index is 4.94. The molecule has 0 amide bonds. The Balaban J connectivity index is 0. The highest BCUT2D eigenvalue weighted by Gasteiger charge is 1.89. The van der Waals surface area contributed by atoms with Gasteiger partial charge in [-0.3, -0.25) is 0 Å². The van der Waals surface area contributed by atoms with Crippen molar-refractivity contribution in [1.29, 1.82) is 0 Å². The van der Waals surface area contributed by atoms with Crippen molar-refractivity contribution in [3.8, 4) is 0 Å². The largest absolute Gasteiger partial charge is 0.385 e. The minimum absolute atomic E-state index is 0. The Kier molecular flexibility index (Phi) is 12.2. The van der Waals surface area contributed by atoms with Crippen LogP contribution >= 0.6 is 0 Å². The fraction of sp³-hybridized carbons (Fsp3) is 1.00. The Bertz CT molecular complexity index is 64.6. The summed E-state index contributed by atoms with van der Waals surface area (Å²) in [6, 6.07) is 0. The third-order valence-corrected chi connectivity index (χ3v) is 1.45. The second-order valence-electron chi connectivity index (χ2n) is 2.86. The smallest absolute Gasteiger partial charge is 0.0462 e. The van der Waals surface area contributed by atoms with E-state index < -0.39 is 0 Å². The predicted octanol–water partition coefficient (Wildman–Crippen LogP) is 2.00. The average molecular weight is 161 g/mol. The van der Waals surface area contributed by atoms with E-state index in [-0.39, 0.29) is 7.43 Å². The minimum Gasteiger partial charge on any atom is -0.385 e. The van der Waals surface area contributed by atoms with E-state index in [0.29, 0.717) is 0 Å². The van der Waals surface area contributed by atoms with Gasteiger partial charge in [0.05, 0.1) is 0 Å². The summed E-state index contributed by atoms with van der Waals surface area (Å²) in [5.74, 6) is 0. The van der Waals surface area contributed by atoms with Crippen molar-refractivity contribution >= 4 is 0 Å². The molecular formula is C9H23NO. The second-order valence-corrected chi connectivity index (χ2v) is 2.86. The first-order valence-corrected chi connectivity index (χ1v) is 3.91. The van der Waals surface area contributed by atoms with Crippen LogP contribution in [0.4, 0.5) is 0 Å². The first-order chi connectivity index (χ1) is 4.77. The fourth-order valence-electron chi connectivity index (χ4n) is 0.851. The van der Waals surface area contributed by atoms with E-state index in [1.807, 2.05) is 0 Å². The van der Waals surface area contributed by atoms with Crippen molar-refractivity contribution < 1.29 is 4.74 Å². The van der Waals surface area contributed by atoms with E-state index in [9.17, 15) is 0 Å². The lowest BCUT2D eigenvalue weighted by atomic mass is 10.2. The molecule has 0 aliphatic heterocycles. The third-order valence-electron chi connectivity index (χ3n) is 1.45. The average Bonchev–Trinajstić information content (AvgIpc) is 1.87. The van der Waals surface area contributed by atoms with Gasteiger partial charge in [0.2, 0.25) is 0 Å². The summed E-state index contributed by atoms with van der Waals surface area (Å²) in [6.07, 6.45) is 3.77. The van der Waals surface area contributed by atoms with Crippen LogP contribution in [0, 0.1) is 0 Å². The zero-order chi connectivity index (χ0) is 7.82. The fourth-order valence-corrected chi connectivity index (χ4v) is 0.851. The number of unbranched alkanes of at least 4 members (excludes halogenated alkanes) is 2. The van der Waals surface area contributed by atoms with Gasteiger partial charge < -0.3 is 9.64 Å². The Morgan fingerprint density at radius 3 is 2.18 bits per heavy atom. The van der Waals surface area contributed by atoms with Crippen molar-refractivity contribution in [2.45, 2.75) is 26.7 Å². The number of hydrogen-bond donors (Lipinski definition) is 0. The summed E-state index contributed by atoms with van der Waals surface area (Å²) >= 11 is 0. The molecule has 0 fully saturated rings. The van der Waals surface area contributed by atoms with Gasteiger partial charge in [-0.25, -0.2) is 0 Å². The standard InChI is InChI=1S/C8H19NO.CH4/c1-9(2)7-5-4-6-8-10-3;/h4-8H2,1-3H3;1H4.